The van der Waals surface area contributed by atoms with Crippen LogP contribution in [-0.4, -0.2) is 10.7 Å². The molecule has 0 saturated heterocycles. The molecule has 1 rings (SSSR count). The van der Waals surface area contributed by atoms with Crippen LogP contribution in [0.5, 0.6) is 0 Å². The second-order valence-electron chi connectivity index (χ2n) is 6.85. The monoisotopic (exact) mass is 304 g/mol. The first-order chi connectivity index (χ1) is 10.6. The maximum atomic E-state index is 10.8. The first kappa shape index (κ1) is 19.2. The summed E-state index contributed by atoms with van der Waals surface area (Å²) in [5.74, 6) is 0. The van der Waals surface area contributed by atoms with Crippen molar-refractivity contribution < 1.29 is 5.11 Å². The predicted molar refractivity (Wildman–Crippen MR) is 97.4 cm³/mol. The van der Waals surface area contributed by atoms with Gasteiger partial charge in [-0.25, -0.2) is 0 Å². The van der Waals surface area contributed by atoms with Crippen molar-refractivity contribution in [1.82, 2.24) is 0 Å². The zero-order valence-electron chi connectivity index (χ0n) is 15.0. The second kappa shape index (κ2) is 10.8. The average molecular weight is 305 g/mol. The Morgan fingerprint density at radius 2 is 1.36 bits per heavy atom. The van der Waals surface area contributed by atoms with Crippen LogP contribution in [0.2, 0.25) is 0 Å². The van der Waals surface area contributed by atoms with Gasteiger partial charge in [-0.05, 0) is 56.1 Å². The molecule has 1 heteroatoms. The SMILES string of the molecule is CCCCc1cccc(CCCC(O)(CCC)CCCC)c1. The summed E-state index contributed by atoms with van der Waals surface area (Å²) < 4.78 is 0. The van der Waals surface area contributed by atoms with Gasteiger partial charge in [-0.15, -0.1) is 0 Å². The van der Waals surface area contributed by atoms with Gasteiger partial charge >= 0.3 is 0 Å². The summed E-state index contributed by atoms with van der Waals surface area (Å²) in [7, 11) is 0. The molecule has 0 aliphatic carbocycles. The Hall–Kier alpha value is -0.820. The van der Waals surface area contributed by atoms with Crippen LogP contribution in [0.15, 0.2) is 24.3 Å². The zero-order valence-corrected chi connectivity index (χ0v) is 15.0. The van der Waals surface area contributed by atoms with Gasteiger partial charge in [0.25, 0.3) is 0 Å². The van der Waals surface area contributed by atoms with E-state index >= 15 is 0 Å². The Kier molecular flexibility index (Phi) is 9.47. The fourth-order valence-electron chi connectivity index (χ4n) is 3.29. The Morgan fingerprint density at radius 3 is 1.95 bits per heavy atom. The van der Waals surface area contributed by atoms with Gasteiger partial charge in [0.15, 0.2) is 0 Å². The highest BCUT2D eigenvalue weighted by molar-refractivity contribution is 5.23. The molecule has 0 bridgehead atoms. The first-order valence-corrected chi connectivity index (χ1v) is 9.43. The highest BCUT2D eigenvalue weighted by atomic mass is 16.3. The van der Waals surface area contributed by atoms with E-state index in [0.29, 0.717) is 0 Å². The smallest absolute Gasteiger partial charge is 0.0647 e. The molecule has 0 aliphatic rings. The van der Waals surface area contributed by atoms with Crippen LogP contribution in [-0.2, 0) is 12.8 Å². The number of benzene rings is 1. The molecule has 0 spiro atoms. The Labute approximate surface area is 138 Å². The van der Waals surface area contributed by atoms with Crippen molar-refractivity contribution in [1.29, 1.82) is 0 Å². The van der Waals surface area contributed by atoms with Crippen LogP contribution in [0, 0.1) is 0 Å². The molecular weight excluding hydrogens is 268 g/mol. The van der Waals surface area contributed by atoms with E-state index < -0.39 is 5.60 Å². The molecule has 1 nitrogen and oxygen atoms in total. The summed E-state index contributed by atoms with van der Waals surface area (Å²) in [6, 6.07) is 9.03. The largest absolute Gasteiger partial charge is 0.390 e. The standard InChI is InChI=1S/C21H36O/c1-4-7-11-19-12-9-13-20(18-19)14-10-17-21(22,15-6-3)16-8-5-2/h9,12-13,18,22H,4-8,10-11,14-17H2,1-3H3. The normalized spacial score (nSPS) is 14.0. The summed E-state index contributed by atoms with van der Waals surface area (Å²) in [5, 5.41) is 10.8. The van der Waals surface area contributed by atoms with E-state index in [-0.39, 0.29) is 0 Å². The fourth-order valence-corrected chi connectivity index (χ4v) is 3.29. The van der Waals surface area contributed by atoms with Crippen molar-refractivity contribution in [2.24, 2.45) is 0 Å². The van der Waals surface area contributed by atoms with E-state index in [9.17, 15) is 5.11 Å². The Bertz CT molecular complexity index is 399. The highest BCUT2D eigenvalue weighted by Gasteiger charge is 2.24. The number of unbranched alkanes of at least 4 members (excludes halogenated alkanes) is 2. The third-order valence-corrected chi connectivity index (χ3v) is 4.63. The molecule has 0 amide bonds. The molecule has 22 heavy (non-hydrogen) atoms. The molecule has 0 saturated carbocycles. The average Bonchev–Trinajstić information content (AvgIpc) is 2.52. The number of hydrogen-bond acceptors (Lipinski definition) is 1. The van der Waals surface area contributed by atoms with Crippen molar-refractivity contribution in [3.8, 4) is 0 Å². The minimum absolute atomic E-state index is 0.426. The molecule has 0 heterocycles. The van der Waals surface area contributed by atoms with Crippen LogP contribution in [0.1, 0.15) is 89.7 Å². The maximum absolute atomic E-state index is 10.8. The van der Waals surface area contributed by atoms with E-state index in [2.05, 4.69) is 45.0 Å². The summed E-state index contributed by atoms with van der Waals surface area (Å²) in [6.45, 7) is 6.62. The van der Waals surface area contributed by atoms with E-state index in [1.54, 1.807) is 0 Å². The van der Waals surface area contributed by atoms with Crippen LogP contribution in [0.4, 0.5) is 0 Å². The van der Waals surface area contributed by atoms with Crippen LogP contribution < -0.4 is 0 Å². The van der Waals surface area contributed by atoms with Gasteiger partial charge in [-0.2, -0.15) is 0 Å². The number of aliphatic hydroxyl groups is 1. The van der Waals surface area contributed by atoms with Gasteiger partial charge in [0.05, 0.1) is 5.60 Å². The Morgan fingerprint density at radius 1 is 0.773 bits per heavy atom. The number of rotatable bonds is 12. The molecule has 0 aromatic heterocycles. The van der Waals surface area contributed by atoms with Crippen LogP contribution >= 0.6 is 0 Å². The molecule has 0 fully saturated rings. The lowest BCUT2D eigenvalue weighted by Gasteiger charge is -2.28. The first-order valence-electron chi connectivity index (χ1n) is 9.43. The van der Waals surface area contributed by atoms with Gasteiger partial charge in [0, 0.05) is 0 Å². The van der Waals surface area contributed by atoms with Gasteiger partial charge in [-0.3, -0.25) is 0 Å². The van der Waals surface area contributed by atoms with E-state index in [1.807, 2.05) is 0 Å². The minimum Gasteiger partial charge on any atom is -0.390 e. The quantitative estimate of drug-likeness (QED) is 0.496. The van der Waals surface area contributed by atoms with Crippen molar-refractivity contribution in [2.45, 2.75) is 97.0 Å². The van der Waals surface area contributed by atoms with Gasteiger partial charge in [0.1, 0.15) is 0 Å². The zero-order chi connectivity index (χ0) is 16.3. The van der Waals surface area contributed by atoms with Gasteiger partial charge in [0.2, 0.25) is 0 Å². The minimum atomic E-state index is -0.426. The molecular formula is C21H36O. The predicted octanol–water partition coefficient (Wildman–Crippen LogP) is 6.07. The van der Waals surface area contributed by atoms with E-state index in [4.69, 9.17) is 0 Å². The Balaban J connectivity index is 2.46. The summed E-state index contributed by atoms with van der Waals surface area (Å²) >= 11 is 0. The molecule has 126 valence electrons. The molecule has 0 radical (unpaired) electrons. The topological polar surface area (TPSA) is 20.2 Å². The van der Waals surface area contributed by atoms with Crippen molar-refractivity contribution >= 4 is 0 Å². The second-order valence-corrected chi connectivity index (χ2v) is 6.85. The van der Waals surface area contributed by atoms with Crippen molar-refractivity contribution in [2.75, 3.05) is 0 Å². The molecule has 1 aromatic rings. The summed E-state index contributed by atoms with van der Waals surface area (Å²) in [6.07, 6.45) is 12.2. The number of aryl methyl sites for hydroxylation is 2. The molecule has 1 aromatic carbocycles. The maximum Gasteiger partial charge on any atom is 0.0647 e. The van der Waals surface area contributed by atoms with Crippen LogP contribution in [0.3, 0.4) is 0 Å². The fraction of sp³-hybridized carbons (Fsp3) is 0.714. The lowest BCUT2D eigenvalue weighted by Crippen LogP contribution is -2.28. The van der Waals surface area contributed by atoms with Crippen LogP contribution in [0.25, 0.3) is 0 Å². The molecule has 1 atom stereocenters. The third-order valence-electron chi connectivity index (χ3n) is 4.63. The molecule has 1 N–H and O–H groups in total. The van der Waals surface area contributed by atoms with E-state index in [1.165, 1.54) is 36.8 Å². The lowest BCUT2D eigenvalue weighted by atomic mass is 9.86. The summed E-state index contributed by atoms with van der Waals surface area (Å²) in [5.41, 5.74) is 2.47. The highest BCUT2D eigenvalue weighted by Crippen LogP contribution is 2.26. The lowest BCUT2D eigenvalue weighted by molar-refractivity contribution is 0.00986. The van der Waals surface area contributed by atoms with Gasteiger partial charge in [-0.1, -0.05) is 70.7 Å². The molecule has 1 unspecified atom stereocenters. The third kappa shape index (κ3) is 7.45. The van der Waals surface area contributed by atoms with Gasteiger partial charge < -0.3 is 5.11 Å². The van der Waals surface area contributed by atoms with Crippen molar-refractivity contribution in [3.05, 3.63) is 35.4 Å². The van der Waals surface area contributed by atoms with E-state index in [0.717, 1.165) is 44.9 Å². The number of hydrogen-bond donors (Lipinski definition) is 1. The van der Waals surface area contributed by atoms with Crippen molar-refractivity contribution in [3.63, 3.8) is 0 Å². The molecule has 0 aliphatic heterocycles. The summed E-state index contributed by atoms with van der Waals surface area (Å²) in [4.78, 5) is 0.